The lowest BCUT2D eigenvalue weighted by atomic mass is 9.96. The first-order valence-corrected chi connectivity index (χ1v) is 9.42. The normalized spacial score (nSPS) is 14.7. The minimum atomic E-state index is 0. The highest BCUT2D eigenvalue weighted by Crippen LogP contribution is 2.37. The second kappa shape index (κ2) is 11.5. The number of carbonyl (C=O) groups is 1. The molecule has 1 amide bonds. The number of unbranched alkanes of at least 4 members (excludes halogenated alkanes) is 1. The van der Waals surface area contributed by atoms with E-state index in [0.717, 1.165) is 45.3 Å². The van der Waals surface area contributed by atoms with E-state index in [1.807, 2.05) is 11.9 Å². The molecule has 1 aromatic rings. The lowest BCUT2D eigenvalue weighted by Gasteiger charge is -2.32. The fourth-order valence-electron chi connectivity index (χ4n) is 3.11. The van der Waals surface area contributed by atoms with Crippen molar-refractivity contribution in [1.82, 2.24) is 10.2 Å². The first kappa shape index (κ1) is 22.9. The highest BCUT2D eigenvalue weighted by molar-refractivity contribution is 6.32. The van der Waals surface area contributed by atoms with Crippen molar-refractivity contribution in [3.05, 3.63) is 22.7 Å². The number of hydrogen-bond acceptors (Lipinski definition) is 4. The third-order valence-electron chi connectivity index (χ3n) is 4.62. The Hall–Kier alpha value is -1.17. The highest BCUT2D eigenvalue weighted by Gasteiger charge is 2.25. The molecule has 1 saturated heterocycles. The van der Waals surface area contributed by atoms with Crippen molar-refractivity contribution in [3.8, 4) is 11.5 Å². The van der Waals surface area contributed by atoms with Gasteiger partial charge in [0, 0.05) is 18.7 Å². The van der Waals surface area contributed by atoms with Crippen LogP contribution in [0.25, 0.3) is 0 Å². The molecule has 0 radical (unpaired) electrons. The largest absolute Gasteiger partial charge is 0.493 e. The second-order valence-corrected chi connectivity index (χ2v) is 6.89. The Morgan fingerprint density at radius 2 is 2.04 bits per heavy atom. The molecule has 0 aliphatic carbocycles. The molecule has 0 bridgehead atoms. The summed E-state index contributed by atoms with van der Waals surface area (Å²) in [6.07, 6.45) is 4.03. The molecule has 0 spiro atoms. The van der Waals surface area contributed by atoms with Gasteiger partial charge in [-0.15, -0.1) is 12.4 Å². The second-order valence-electron chi connectivity index (χ2n) is 6.48. The van der Waals surface area contributed by atoms with Crippen LogP contribution >= 0.6 is 24.0 Å². The number of nitrogens with zero attached hydrogens (tertiary/aromatic N) is 1. The van der Waals surface area contributed by atoms with Crippen molar-refractivity contribution in [2.75, 3.05) is 40.4 Å². The SMILES string of the molecule is CCCCOc1c(Cl)cc(C(=O)N2CCC(CNC)CC2)cc1OC.Cl. The van der Waals surface area contributed by atoms with Gasteiger partial charge in [0.05, 0.1) is 18.7 Å². The molecule has 0 saturated carbocycles. The molecular formula is C19H30Cl2N2O3. The number of rotatable bonds is 8. The van der Waals surface area contributed by atoms with Crippen molar-refractivity contribution in [1.29, 1.82) is 0 Å². The van der Waals surface area contributed by atoms with Crippen LogP contribution in [0.3, 0.4) is 0 Å². The molecule has 1 aliphatic heterocycles. The maximum Gasteiger partial charge on any atom is 0.254 e. The van der Waals surface area contributed by atoms with Gasteiger partial charge in [-0.3, -0.25) is 4.79 Å². The Kier molecular flexibility index (Phi) is 10.1. The van der Waals surface area contributed by atoms with Crippen LogP contribution in [0, 0.1) is 5.92 Å². The summed E-state index contributed by atoms with van der Waals surface area (Å²) >= 11 is 6.36. The van der Waals surface area contributed by atoms with Crippen LogP contribution in [0.5, 0.6) is 11.5 Å². The zero-order chi connectivity index (χ0) is 18.2. The number of piperidine rings is 1. The molecular weight excluding hydrogens is 375 g/mol. The molecule has 1 heterocycles. The molecule has 1 N–H and O–H groups in total. The summed E-state index contributed by atoms with van der Waals surface area (Å²) in [5, 5.41) is 3.63. The van der Waals surface area contributed by atoms with Crippen LogP contribution in [0.1, 0.15) is 43.0 Å². The van der Waals surface area contributed by atoms with Gasteiger partial charge in [0.15, 0.2) is 11.5 Å². The lowest BCUT2D eigenvalue weighted by Crippen LogP contribution is -2.40. The molecule has 26 heavy (non-hydrogen) atoms. The van der Waals surface area contributed by atoms with Crippen LogP contribution < -0.4 is 14.8 Å². The zero-order valence-corrected chi connectivity index (χ0v) is 17.4. The van der Waals surface area contributed by atoms with Gasteiger partial charge in [0.25, 0.3) is 5.91 Å². The van der Waals surface area contributed by atoms with E-state index in [2.05, 4.69) is 12.2 Å². The van der Waals surface area contributed by atoms with Gasteiger partial charge in [-0.25, -0.2) is 0 Å². The lowest BCUT2D eigenvalue weighted by molar-refractivity contribution is 0.0690. The smallest absolute Gasteiger partial charge is 0.254 e. The van der Waals surface area contributed by atoms with E-state index in [-0.39, 0.29) is 18.3 Å². The predicted molar refractivity (Wildman–Crippen MR) is 108 cm³/mol. The van der Waals surface area contributed by atoms with Crippen molar-refractivity contribution in [2.45, 2.75) is 32.6 Å². The Balaban J connectivity index is 0.00000338. The minimum absolute atomic E-state index is 0. The maximum atomic E-state index is 12.8. The van der Waals surface area contributed by atoms with E-state index >= 15 is 0 Å². The monoisotopic (exact) mass is 404 g/mol. The Labute approximate surface area is 167 Å². The molecule has 1 fully saturated rings. The van der Waals surface area contributed by atoms with Crippen LogP contribution in [0.15, 0.2) is 12.1 Å². The molecule has 1 aliphatic rings. The van der Waals surface area contributed by atoms with Crippen molar-refractivity contribution in [3.63, 3.8) is 0 Å². The van der Waals surface area contributed by atoms with E-state index in [1.165, 1.54) is 0 Å². The molecule has 2 rings (SSSR count). The summed E-state index contributed by atoms with van der Waals surface area (Å²) in [6, 6.07) is 3.42. The van der Waals surface area contributed by atoms with Gasteiger partial charge in [-0.2, -0.15) is 0 Å². The topological polar surface area (TPSA) is 50.8 Å². The maximum absolute atomic E-state index is 12.8. The van der Waals surface area contributed by atoms with Gasteiger partial charge < -0.3 is 19.7 Å². The quantitative estimate of drug-likeness (QED) is 0.664. The Morgan fingerprint density at radius 1 is 1.35 bits per heavy atom. The number of hydrogen-bond donors (Lipinski definition) is 1. The van der Waals surface area contributed by atoms with E-state index in [9.17, 15) is 4.79 Å². The van der Waals surface area contributed by atoms with Gasteiger partial charge in [-0.1, -0.05) is 24.9 Å². The first-order valence-electron chi connectivity index (χ1n) is 9.04. The van der Waals surface area contributed by atoms with Gasteiger partial charge in [0.2, 0.25) is 0 Å². The number of likely N-dealkylation sites (tertiary alicyclic amines) is 1. The van der Waals surface area contributed by atoms with Crippen LogP contribution in [0.2, 0.25) is 5.02 Å². The summed E-state index contributed by atoms with van der Waals surface area (Å²) in [6.45, 7) is 5.24. The van der Waals surface area contributed by atoms with Gasteiger partial charge in [-0.05, 0) is 50.9 Å². The summed E-state index contributed by atoms with van der Waals surface area (Å²) in [5.74, 6) is 1.67. The average molecular weight is 405 g/mol. The number of ether oxygens (including phenoxy) is 2. The number of nitrogens with one attached hydrogen (secondary N) is 1. The molecule has 1 aromatic carbocycles. The average Bonchev–Trinajstić information content (AvgIpc) is 2.63. The van der Waals surface area contributed by atoms with Crippen LogP contribution in [0.4, 0.5) is 0 Å². The van der Waals surface area contributed by atoms with Gasteiger partial charge in [0.1, 0.15) is 0 Å². The Morgan fingerprint density at radius 3 is 2.62 bits per heavy atom. The van der Waals surface area contributed by atoms with E-state index in [0.29, 0.717) is 34.6 Å². The number of methoxy groups -OCH3 is 1. The molecule has 0 atom stereocenters. The van der Waals surface area contributed by atoms with Crippen molar-refractivity contribution >= 4 is 29.9 Å². The molecule has 0 unspecified atom stereocenters. The number of amides is 1. The van der Waals surface area contributed by atoms with Crippen molar-refractivity contribution < 1.29 is 14.3 Å². The number of carbonyl (C=O) groups excluding carboxylic acids is 1. The van der Waals surface area contributed by atoms with Crippen LogP contribution in [-0.2, 0) is 0 Å². The minimum Gasteiger partial charge on any atom is -0.493 e. The molecule has 148 valence electrons. The molecule has 0 aromatic heterocycles. The van der Waals surface area contributed by atoms with Crippen molar-refractivity contribution in [2.24, 2.45) is 5.92 Å². The summed E-state index contributed by atoms with van der Waals surface area (Å²) in [4.78, 5) is 14.7. The predicted octanol–water partition coefficient (Wildman–Crippen LogP) is 4.02. The third kappa shape index (κ3) is 5.93. The van der Waals surface area contributed by atoms with E-state index < -0.39 is 0 Å². The van der Waals surface area contributed by atoms with E-state index in [4.69, 9.17) is 21.1 Å². The third-order valence-corrected chi connectivity index (χ3v) is 4.90. The standard InChI is InChI=1S/C19H29ClN2O3.ClH/c1-4-5-10-25-18-16(20)11-15(12-17(18)24-3)19(23)22-8-6-14(7-9-22)13-21-2;/h11-12,14,21H,4-10,13H2,1-3H3;1H. The number of benzene rings is 1. The Bertz CT molecular complexity index is 576. The van der Waals surface area contributed by atoms with E-state index in [1.54, 1.807) is 19.2 Å². The fraction of sp³-hybridized carbons (Fsp3) is 0.632. The molecule has 5 nitrogen and oxygen atoms in total. The van der Waals surface area contributed by atoms with Gasteiger partial charge >= 0.3 is 0 Å². The highest BCUT2D eigenvalue weighted by atomic mass is 35.5. The summed E-state index contributed by atoms with van der Waals surface area (Å²) in [5.41, 5.74) is 0.553. The fourth-order valence-corrected chi connectivity index (χ4v) is 3.38. The van der Waals surface area contributed by atoms with Crippen LogP contribution in [-0.4, -0.2) is 51.2 Å². The number of halogens is 2. The zero-order valence-electron chi connectivity index (χ0n) is 15.8. The first-order chi connectivity index (χ1) is 12.1. The summed E-state index contributed by atoms with van der Waals surface area (Å²) < 4.78 is 11.1. The molecule has 7 heteroatoms. The summed E-state index contributed by atoms with van der Waals surface area (Å²) in [7, 11) is 3.53.